The Hall–Kier alpha value is -4.01. The molecule has 1 aliphatic rings. The van der Waals surface area contributed by atoms with Crippen molar-refractivity contribution in [2.24, 2.45) is 5.92 Å². The summed E-state index contributed by atoms with van der Waals surface area (Å²) in [6.45, 7) is 4.51. The standard InChI is InChI=1S/C26H22F3NO5/c1-15(2)14-35-19-11-5-16(6-12-19)23(31)21-22(20-4-3-13-34-20)30(25(33)24(21)32)18-9-7-17(8-10-18)26(27,28)29/h3-13,15,22,31H,14H2,1-2H3/b23-21-. The predicted octanol–water partition coefficient (Wildman–Crippen LogP) is 5.96. The van der Waals surface area contributed by atoms with Crippen LogP contribution in [0.4, 0.5) is 18.9 Å². The molecule has 182 valence electrons. The number of alkyl halides is 3. The molecule has 35 heavy (non-hydrogen) atoms. The number of Topliss-reactive ketones (excluding diaryl/α,β-unsaturated/α-hetero) is 1. The van der Waals surface area contributed by atoms with E-state index in [1.165, 1.54) is 12.3 Å². The van der Waals surface area contributed by atoms with E-state index >= 15 is 0 Å². The van der Waals surface area contributed by atoms with Crippen molar-refractivity contribution in [1.29, 1.82) is 0 Å². The highest BCUT2D eigenvalue weighted by Crippen LogP contribution is 2.43. The predicted molar refractivity (Wildman–Crippen MR) is 122 cm³/mol. The Balaban J connectivity index is 1.76. The van der Waals surface area contributed by atoms with Crippen LogP contribution in [0.25, 0.3) is 5.76 Å². The second-order valence-electron chi connectivity index (χ2n) is 8.46. The summed E-state index contributed by atoms with van der Waals surface area (Å²) in [4.78, 5) is 27.0. The van der Waals surface area contributed by atoms with Crippen LogP contribution in [0.15, 0.2) is 76.9 Å². The van der Waals surface area contributed by atoms with Gasteiger partial charge in [-0.05, 0) is 66.6 Å². The third-order valence-corrected chi connectivity index (χ3v) is 5.44. The maximum absolute atomic E-state index is 13.0. The molecule has 6 nitrogen and oxygen atoms in total. The van der Waals surface area contributed by atoms with Crippen molar-refractivity contribution in [1.82, 2.24) is 0 Å². The number of benzene rings is 2. The summed E-state index contributed by atoms with van der Waals surface area (Å²) in [6, 6.07) is 12.1. The molecule has 1 N–H and O–H groups in total. The molecule has 2 aromatic carbocycles. The molecule has 1 unspecified atom stereocenters. The first kappa shape index (κ1) is 24.1. The number of hydrogen-bond donors (Lipinski definition) is 1. The molecular weight excluding hydrogens is 463 g/mol. The van der Waals surface area contributed by atoms with E-state index in [-0.39, 0.29) is 22.6 Å². The summed E-state index contributed by atoms with van der Waals surface area (Å²) < 4.78 is 50.1. The van der Waals surface area contributed by atoms with E-state index in [2.05, 4.69) is 0 Å². The summed E-state index contributed by atoms with van der Waals surface area (Å²) >= 11 is 0. The lowest BCUT2D eigenvalue weighted by atomic mass is 9.99. The first-order valence-electron chi connectivity index (χ1n) is 10.8. The van der Waals surface area contributed by atoms with E-state index in [0.717, 1.165) is 29.2 Å². The summed E-state index contributed by atoms with van der Waals surface area (Å²) in [7, 11) is 0. The van der Waals surface area contributed by atoms with Crippen molar-refractivity contribution in [2.75, 3.05) is 11.5 Å². The van der Waals surface area contributed by atoms with E-state index in [1.807, 2.05) is 13.8 Å². The fraction of sp³-hybridized carbons (Fsp3) is 0.231. The minimum absolute atomic E-state index is 0.0537. The van der Waals surface area contributed by atoms with E-state index < -0.39 is 35.2 Å². The Morgan fingerprint density at radius 3 is 2.26 bits per heavy atom. The number of nitrogens with zero attached hydrogens (tertiary/aromatic N) is 1. The second-order valence-corrected chi connectivity index (χ2v) is 8.46. The van der Waals surface area contributed by atoms with Crippen molar-refractivity contribution < 1.29 is 37.0 Å². The normalized spacial score (nSPS) is 17.9. The van der Waals surface area contributed by atoms with Gasteiger partial charge in [0.05, 0.1) is 24.0 Å². The highest BCUT2D eigenvalue weighted by atomic mass is 19.4. The van der Waals surface area contributed by atoms with Gasteiger partial charge in [0, 0.05) is 11.3 Å². The molecule has 3 aromatic rings. The number of hydrogen-bond acceptors (Lipinski definition) is 5. The van der Waals surface area contributed by atoms with Gasteiger partial charge < -0.3 is 14.3 Å². The molecule has 0 saturated carbocycles. The number of halogens is 3. The van der Waals surface area contributed by atoms with Gasteiger partial charge in [-0.1, -0.05) is 13.8 Å². The minimum Gasteiger partial charge on any atom is -0.507 e. The van der Waals surface area contributed by atoms with E-state index in [4.69, 9.17) is 9.15 Å². The van der Waals surface area contributed by atoms with Crippen LogP contribution in [0.5, 0.6) is 5.75 Å². The molecule has 1 fully saturated rings. The number of aliphatic hydroxyl groups excluding tert-OH is 1. The monoisotopic (exact) mass is 485 g/mol. The largest absolute Gasteiger partial charge is 0.507 e. The average Bonchev–Trinajstić information content (AvgIpc) is 3.44. The molecular formula is C26H22F3NO5. The van der Waals surface area contributed by atoms with Gasteiger partial charge in [-0.15, -0.1) is 0 Å². The average molecular weight is 485 g/mol. The number of carbonyl (C=O) groups is 2. The number of rotatable bonds is 6. The molecule has 2 heterocycles. The number of anilines is 1. The summed E-state index contributed by atoms with van der Waals surface area (Å²) in [6.07, 6.45) is -3.22. The fourth-order valence-corrected chi connectivity index (χ4v) is 3.75. The van der Waals surface area contributed by atoms with Crippen molar-refractivity contribution in [3.63, 3.8) is 0 Å². The summed E-state index contributed by atoms with van der Waals surface area (Å²) in [5.74, 6) is -1.36. The fourth-order valence-electron chi connectivity index (χ4n) is 3.75. The Morgan fingerprint density at radius 2 is 1.71 bits per heavy atom. The number of amides is 1. The Kier molecular flexibility index (Phi) is 6.43. The lowest BCUT2D eigenvalue weighted by molar-refractivity contribution is -0.137. The SMILES string of the molecule is CC(C)COc1ccc(/C(O)=C2/C(=O)C(=O)N(c3ccc(C(F)(F)F)cc3)C2c2ccco2)cc1. The molecule has 1 saturated heterocycles. The molecule has 0 aliphatic carbocycles. The summed E-state index contributed by atoms with van der Waals surface area (Å²) in [5.41, 5.74) is -0.810. The van der Waals surface area contributed by atoms with Gasteiger partial charge in [-0.3, -0.25) is 14.5 Å². The number of furan rings is 1. The Labute approximate surface area is 199 Å². The summed E-state index contributed by atoms with van der Waals surface area (Å²) in [5, 5.41) is 11.1. The lowest BCUT2D eigenvalue weighted by Gasteiger charge is -2.23. The second kappa shape index (κ2) is 9.32. The van der Waals surface area contributed by atoms with Gasteiger partial charge in [0.15, 0.2) is 0 Å². The number of ketones is 1. The van der Waals surface area contributed by atoms with Gasteiger partial charge in [0.1, 0.15) is 23.3 Å². The van der Waals surface area contributed by atoms with E-state index in [0.29, 0.717) is 18.3 Å². The Morgan fingerprint density at radius 1 is 1.06 bits per heavy atom. The minimum atomic E-state index is -4.56. The number of aliphatic hydroxyl groups is 1. The van der Waals surface area contributed by atoms with Crippen LogP contribution in [0, 0.1) is 5.92 Å². The molecule has 0 bridgehead atoms. The highest BCUT2D eigenvalue weighted by molar-refractivity contribution is 6.51. The Bertz CT molecular complexity index is 1240. The van der Waals surface area contributed by atoms with Crippen LogP contribution in [-0.4, -0.2) is 23.4 Å². The van der Waals surface area contributed by atoms with Crippen LogP contribution < -0.4 is 9.64 Å². The van der Waals surface area contributed by atoms with Gasteiger partial charge in [0.25, 0.3) is 11.7 Å². The van der Waals surface area contributed by atoms with Gasteiger partial charge in [-0.25, -0.2) is 0 Å². The van der Waals surface area contributed by atoms with Crippen LogP contribution in [0.2, 0.25) is 0 Å². The van der Waals surface area contributed by atoms with Crippen molar-refractivity contribution >= 4 is 23.1 Å². The number of carbonyl (C=O) groups excluding carboxylic acids is 2. The molecule has 1 atom stereocenters. The highest BCUT2D eigenvalue weighted by Gasteiger charge is 2.48. The zero-order valence-corrected chi connectivity index (χ0v) is 18.9. The zero-order chi connectivity index (χ0) is 25.3. The first-order valence-corrected chi connectivity index (χ1v) is 10.8. The smallest absolute Gasteiger partial charge is 0.416 e. The van der Waals surface area contributed by atoms with Gasteiger partial charge in [-0.2, -0.15) is 13.2 Å². The maximum atomic E-state index is 13.0. The van der Waals surface area contributed by atoms with Crippen LogP contribution in [0.3, 0.4) is 0 Å². The van der Waals surface area contributed by atoms with Crippen LogP contribution in [0.1, 0.15) is 36.8 Å². The van der Waals surface area contributed by atoms with Crippen molar-refractivity contribution in [2.45, 2.75) is 26.1 Å². The first-order chi connectivity index (χ1) is 16.6. The van der Waals surface area contributed by atoms with Gasteiger partial charge in [0.2, 0.25) is 0 Å². The van der Waals surface area contributed by atoms with Crippen LogP contribution >= 0.6 is 0 Å². The molecule has 1 aromatic heterocycles. The third-order valence-electron chi connectivity index (χ3n) is 5.44. The quantitative estimate of drug-likeness (QED) is 0.265. The molecule has 1 aliphatic heterocycles. The van der Waals surface area contributed by atoms with Crippen molar-refractivity contribution in [3.05, 3.63) is 89.4 Å². The molecule has 4 rings (SSSR count). The topological polar surface area (TPSA) is 80.0 Å². The van der Waals surface area contributed by atoms with Crippen LogP contribution in [-0.2, 0) is 15.8 Å². The molecule has 9 heteroatoms. The number of ether oxygens (including phenoxy) is 1. The zero-order valence-electron chi connectivity index (χ0n) is 18.9. The van der Waals surface area contributed by atoms with Crippen molar-refractivity contribution in [3.8, 4) is 5.75 Å². The molecule has 0 spiro atoms. The molecule has 0 radical (unpaired) electrons. The van der Waals surface area contributed by atoms with E-state index in [1.54, 1.807) is 30.3 Å². The third kappa shape index (κ3) is 4.80. The molecule has 1 amide bonds. The van der Waals surface area contributed by atoms with Gasteiger partial charge >= 0.3 is 6.18 Å². The lowest BCUT2D eigenvalue weighted by Crippen LogP contribution is -2.29. The van der Waals surface area contributed by atoms with E-state index in [9.17, 15) is 27.9 Å². The maximum Gasteiger partial charge on any atom is 0.416 e.